The van der Waals surface area contributed by atoms with E-state index in [0.29, 0.717) is 22.6 Å². The van der Waals surface area contributed by atoms with Crippen LogP contribution in [-0.4, -0.2) is 24.5 Å². The molecule has 5 rings (SSSR count). The molecule has 2 aromatic carbocycles. The number of para-hydroxylation sites is 1. The lowest BCUT2D eigenvalue weighted by atomic mass is 10.1. The molecule has 0 fully saturated rings. The Bertz CT molecular complexity index is 1560. The molecule has 178 valence electrons. The summed E-state index contributed by atoms with van der Waals surface area (Å²) in [7, 11) is -3.80. The number of carbonyl (C=O) groups is 2. The third-order valence-electron chi connectivity index (χ3n) is 5.79. The van der Waals surface area contributed by atoms with E-state index in [4.69, 9.17) is 8.83 Å². The Balaban J connectivity index is 1.28. The van der Waals surface area contributed by atoms with Crippen molar-refractivity contribution in [2.45, 2.75) is 24.9 Å². The molecule has 0 aliphatic carbocycles. The largest absolute Gasteiger partial charge is 0.451 e. The second-order valence-electron chi connectivity index (χ2n) is 8.06. The molecule has 2 N–H and O–H groups in total. The molecule has 0 bridgehead atoms. The summed E-state index contributed by atoms with van der Waals surface area (Å²) in [5.74, 6) is 0.0920. The van der Waals surface area contributed by atoms with Crippen molar-refractivity contribution in [2.75, 3.05) is 10.6 Å². The van der Waals surface area contributed by atoms with Crippen LogP contribution in [0.2, 0.25) is 0 Å². The number of hydrogen-bond acceptors (Lipinski definition) is 6. The molecule has 10 heteroatoms. The zero-order valence-electron chi connectivity index (χ0n) is 18.7. The van der Waals surface area contributed by atoms with E-state index in [1.807, 2.05) is 25.1 Å². The van der Waals surface area contributed by atoms with Crippen LogP contribution in [0.3, 0.4) is 0 Å². The molecular weight excluding hydrogens is 470 g/mol. The van der Waals surface area contributed by atoms with E-state index < -0.39 is 21.8 Å². The number of rotatable bonds is 6. The van der Waals surface area contributed by atoms with E-state index >= 15 is 0 Å². The van der Waals surface area contributed by atoms with Gasteiger partial charge in [0.1, 0.15) is 11.3 Å². The standard InChI is InChI=1S/C25H21N3O6S/c1-3-22(29)27-23-12-16-13-28(14-21(16)33-23)35(31,32)18-10-8-17(9-11-18)26-25(30)24-15(2)19-6-4-5-7-20(19)34-24/h3-12H,1,13-14H2,2H3,(H,26,30)(H,27,29). The predicted octanol–water partition coefficient (Wildman–Crippen LogP) is 4.42. The van der Waals surface area contributed by atoms with Gasteiger partial charge < -0.3 is 14.2 Å². The number of nitrogens with one attached hydrogen (secondary N) is 2. The molecule has 3 heterocycles. The van der Waals surface area contributed by atoms with Crippen molar-refractivity contribution < 1.29 is 26.8 Å². The first-order chi connectivity index (χ1) is 16.8. The van der Waals surface area contributed by atoms with Gasteiger partial charge in [-0.1, -0.05) is 24.8 Å². The Hall–Kier alpha value is -4.15. The average molecular weight is 492 g/mol. The molecule has 4 aromatic rings. The van der Waals surface area contributed by atoms with E-state index in [1.54, 1.807) is 12.1 Å². The summed E-state index contributed by atoms with van der Waals surface area (Å²) >= 11 is 0. The number of fused-ring (bicyclic) bond motifs is 2. The summed E-state index contributed by atoms with van der Waals surface area (Å²) in [4.78, 5) is 24.2. The second-order valence-corrected chi connectivity index (χ2v) is 9.99. The third-order valence-corrected chi connectivity index (χ3v) is 7.60. The van der Waals surface area contributed by atoms with Crippen LogP contribution >= 0.6 is 0 Å². The van der Waals surface area contributed by atoms with Gasteiger partial charge in [0.25, 0.3) is 5.91 Å². The number of hydrogen-bond donors (Lipinski definition) is 2. The van der Waals surface area contributed by atoms with Crippen LogP contribution in [-0.2, 0) is 27.9 Å². The van der Waals surface area contributed by atoms with E-state index in [9.17, 15) is 18.0 Å². The first kappa shape index (κ1) is 22.6. The van der Waals surface area contributed by atoms with E-state index in [2.05, 4.69) is 17.2 Å². The molecule has 0 atom stereocenters. The highest BCUT2D eigenvalue weighted by molar-refractivity contribution is 7.89. The number of sulfonamides is 1. The van der Waals surface area contributed by atoms with Gasteiger partial charge in [0.05, 0.1) is 11.4 Å². The van der Waals surface area contributed by atoms with Gasteiger partial charge >= 0.3 is 0 Å². The topological polar surface area (TPSA) is 122 Å². The fourth-order valence-corrected chi connectivity index (χ4v) is 5.36. The maximum atomic E-state index is 13.1. The lowest BCUT2D eigenvalue weighted by Crippen LogP contribution is -2.25. The summed E-state index contributed by atoms with van der Waals surface area (Å²) < 4.78 is 38.7. The Morgan fingerprint density at radius 1 is 1.03 bits per heavy atom. The van der Waals surface area contributed by atoms with E-state index in [1.165, 1.54) is 28.6 Å². The smallest absolute Gasteiger partial charge is 0.291 e. The summed E-state index contributed by atoms with van der Waals surface area (Å²) in [6.07, 6.45) is 1.12. The van der Waals surface area contributed by atoms with Crippen LogP contribution in [0.4, 0.5) is 11.6 Å². The SMILES string of the molecule is C=CC(=O)Nc1cc2c(o1)CN(S(=O)(=O)c1ccc(NC(=O)c3oc4ccccc4c3C)cc1)C2. The summed E-state index contributed by atoms with van der Waals surface area (Å²) in [6, 6.07) is 14.9. The predicted molar refractivity (Wildman–Crippen MR) is 129 cm³/mol. The van der Waals surface area contributed by atoms with Crippen molar-refractivity contribution in [3.05, 3.63) is 89.9 Å². The number of amides is 2. The fraction of sp³-hybridized carbons (Fsp3) is 0.120. The maximum absolute atomic E-state index is 13.1. The number of furan rings is 2. The van der Waals surface area contributed by atoms with Gasteiger partial charge in [-0.25, -0.2) is 8.42 Å². The Morgan fingerprint density at radius 3 is 2.46 bits per heavy atom. The lowest BCUT2D eigenvalue weighted by Gasteiger charge is -2.16. The third kappa shape index (κ3) is 4.13. The minimum Gasteiger partial charge on any atom is -0.451 e. The average Bonchev–Trinajstić information content (AvgIpc) is 3.51. The summed E-state index contributed by atoms with van der Waals surface area (Å²) in [5, 5.41) is 6.13. The number of benzene rings is 2. The minimum absolute atomic E-state index is 0.0471. The molecule has 9 nitrogen and oxygen atoms in total. The van der Waals surface area contributed by atoms with Gasteiger partial charge in [-0.2, -0.15) is 4.31 Å². The van der Waals surface area contributed by atoms with Crippen LogP contribution in [0.5, 0.6) is 0 Å². The van der Waals surface area contributed by atoms with Crippen molar-refractivity contribution in [2.24, 2.45) is 0 Å². The molecule has 0 radical (unpaired) electrons. The molecule has 1 aliphatic rings. The molecule has 2 aromatic heterocycles. The lowest BCUT2D eigenvalue weighted by molar-refractivity contribution is -0.112. The van der Waals surface area contributed by atoms with Crippen LogP contribution in [0.1, 0.15) is 27.4 Å². The highest BCUT2D eigenvalue weighted by Gasteiger charge is 2.33. The Morgan fingerprint density at radius 2 is 1.77 bits per heavy atom. The monoisotopic (exact) mass is 491 g/mol. The van der Waals surface area contributed by atoms with Crippen molar-refractivity contribution in [1.82, 2.24) is 4.31 Å². The van der Waals surface area contributed by atoms with Crippen LogP contribution in [0.25, 0.3) is 11.0 Å². The van der Waals surface area contributed by atoms with Gasteiger partial charge in [-0.3, -0.25) is 14.9 Å². The zero-order chi connectivity index (χ0) is 24.7. The van der Waals surface area contributed by atoms with Crippen molar-refractivity contribution in [3.8, 4) is 0 Å². The van der Waals surface area contributed by atoms with Crippen molar-refractivity contribution in [1.29, 1.82) is 0 Å². The Kier molecular flexibility index (Phi) is 5.54. The van der Waals surface area contributed by atoms with Gasteiger partial charge in [-0.15, -0.1) is 0 Å². The minimum atomic E-state index is -3.80. The maximum Gasteiger partial charge on any atom is 0.291 e. The van der Waals surface area contributed by atoms with Crippen LogP contribution in [0, 0.1) is 6.92 Å². The second kappa shape index (κ2) is 8.57. The molecule has 0 saturated carbocycles. The van der Waals surface area contributed by atoms with Crippen molar-refractivity contribution >= 4 is 44.4 Å². The first-order valence-electron chi connectivity index (χ1n) is 10.7. The van der Waals surface area contributed by atoms with Gasteiger partial charge in [0.15, 0.2) is 11.6 Å². The van der Waals surface area contributed by atoms with Gasteiger partial charge in [0, 0.05) is 34.8 Å². The summed E-state index contributed by atoms with van der Waals surface area (Å²) in [6.45, 7) is 5.36. The molecule has 0 saturated heterocycles. The fourth-order valence-electron chi connectivity index (χ4n) is 3.98. The van der Waals surface area contributed by atoms with Crippen molar-refractivity contribution in [3.63, 3.8) is 0 Å². The quantitative estimate of drug-likeness (QED) is 0.385. The first-order valence-corrected chi connectivity index (χ1v) is 12.1. The normalized spacial score (nSPS) is 13.5. The van der Waals surface area contributed by atoms with Gasteiger partial charge in [0.2, 0.25) is 15.9 Å². The Labute approximate surface area is 201 Å². The number of carbonyl (C=O) groups excluding carboxylic acids is 2. The van der Waals surface area contributed by atoms with E-state index in [0.717, 1.165) is 17.0 Å². The number of anilines is 2. The molecule has 1 aliphatic heterocycles. The highest BCUT2D eigenvalue weighted by atomic mass is 32.2. The molecule has 2 amide bonds. The number of aryl methyl sites for hydroxylation is 1. The molecule has 0 unspecified atom stereocenters. The van der Waals surface area contributed by atoms with Gasteiger partial charge in [-0.05, 0) is 43.3 Å². The molecule has 0 spiro atoms. The number of nitrogens with zero attached hydrogens (tertiary/aromatic N) is 1. The molecule has 35 heavy (non-hydrogen) atoms. The summed E-state index contributed by atoms with van der Waals surface area (Å²) in [5.41, 5.74) is 2.47. The molecular formula is C25H21N3O6S. The highest BCUT2D eigenvalue weighted by Crippen LogP contribution is 2.33. The van der Waals surface area contributed by atoms with E-state index in [-0.39, 0.29) is 29.6 Å². The van der Waals surface area contributed by atoms with Crippen LogP contribution in [0.15, 0.2) is 81.0 Å². The van der Waals surface area contributed by atoms with Crippen LogP contribution < -0.4 is 10.6 Å². The zero-order valence-corrected chi connectivity index (χ0v) is 19.5.